The molecule has 4 aliphatic rings. The third-order valence-corrected chi connectivity index (χ3v) is 26.8. The van der Waals surface area contributed by atoms with Gasteiger partial charge in [-0.25, -0.2) is 0 Å². The first-order valence-corrected chi connectivity index (χ1v) is 41.1. The fourth-order valence-electron chi connectivity index (χ4n) is 19.9. The van der Waals surface area contributed by atoms with Crippen LogP contribution in [0.15, 0.2) is 297 Å². The van der Waals surface area contributed by atoms with Gasteiger partial charge in [-0.3, -0.25) is 0 Å². The Balaban J connectivity index is 0.881. The molecule has 0 fully saturated rings. The Labute approximate surface area is 668 Å². The summed E-state index contributed by atoms with van der Waals surface area (Å²) in [7, 11) is 0. The molecule has 0 N–H and O–H groups in total. The third kappa shape index (κ3) is 11.5. The first kappa shape index (κ1) is 70.5. The Morgan fingerprint density at radius 3 is 1.17 bits per heavy atom. The van der Waals surface area contributed by atoms with Crippen molar-refractivity contribution in [2.45, 2.75) is 155 Å². The fourth-order valence-corrected chi connectivity index (χ4v) is 19.9. The van der Waals surface area contributed by atoms with Crippen LogP contribution in [-0.4, -0.2) is 15.8 Å². The van der Waals surface area contributed by atoms with Crippen LogP contribution in [0.25, 0.3) is 111 Å². The minimum atomic E-state index is -0.205. The van der Waals surface area contributed by atoms with Crippen molar-refractivity contribution >= 4 is 101 Å². The average Bonchev–Trinajstić information content (AvgIpc) is 1.37. The molecule has 113 heavy (non-hydrogen) atoms. The van der Waals surface area contributed by atoms with E-state index in [0.717, 1.165) is 69.4 Å². The van der Waals surface area contributed by atoms with E-state index in [1.54, 1.807) is 0 Å². The molecule has 0 atom stereocenters. The van der Waals surface area contributed by atoms with E-state index in [-0.39, 0.29) is 39.2 Å². The molecule has 0 saturated carbocycles. The van der Waals surface area contributed by atoms with Crippen molar-refractivity contribution in [3.05, 3.63) is 331 Å². The van der Waals surface area contributed by atoms with Gasteiger partial charge in [-0.05, 0) is 261 Å². The van der Waals surface area contributed by atoms with Crippen LogP contribution in [-0.2, 0) is 32.5 Å². The summed E-state index contributed by atoms with van der Waals surface area (Å²) in [5.41, 5.74) is 38.4. The van der Waals surface area contributed by atoms with Crippen LogP contribution >= 0.6 is 0 Å². The van der Waals surface area contributed by atoms with Crippen molar-refractivity contribution in [3.8, 4) is 67.0 Å². The first-order valence-electron chi connectivity index (χ1n) is 41.1. The molecule has 2 aliphatic heterocycles. The highest BCUT2D eigenvalue weighted by Gasteiger charge is 2.46. The lowest BCUT2D eigenvalue weighted by Crippen LogP contribution is -2.61. The minimum absolute atomic E-state index is 0.0327. The Kier molecular flexibility index (Phi) is 15.9. The van der Waals surface area contributed by atoms with Crippen molar-refractivity contribution in [2.75, 3.05) is 9.80 Å². The maximum Gasteiger partial charge on any atom is 0.252 e. The van der Waals surface area contributed by atoms with Gasteiger partial charge in [0.15, 0.2) is 0 Å². The summed E-state index contributed by atoms with van der Waals surface area (Å²) < 4.78 is 5.11. The number of benzene rings is 14. The molecule has 14 aromatic carbocycles. The van der Waals surface area contributed by atoms with Gasteiger partial charge >= 0.3 is 0 Å². The number of hydrogen-bond acceptors (Lipinski definition) is 2. The number of fused-ring (bicyclic) bond motifs is 12. The Hall–Kier alpha value is -11.7. The van der Waals surface area contributed by atoms with Gasteiger partial charge in [-0.15, -0.1) is 0 Å². The standard InChI is InChI=1S/C108H99BN4/c1-103(2,3)78-29-23-28-72(58-78)77-40-52-98-93(63-77)109-92-49-46-82(112-94-31-22-21-30-84(94)87-64-79(104(4,5)6)41-53-97(87)112)65-99(92)111(81-44-34-71(35-45-81)76-37-48-89-91(62-76)108(13,14)57-55-106(89,9)10)101-67-83(66-100(102(101)109)110(98)80-42-32-70(33-43-80)75-36-47-88-90(61-75)107(11,12)56-54-105(88,7)8)113-95-50-38-73(68-24-17-15-18-25-68)59-85(95)86-60-74(39-51-96(86)113)69-26-19-16-20-27-69/h15-53,58-67H,54-57H2,1-14H3. The van der Waals surface area contributed by atoms with Crippen molar-refractivity contribution in [1.82, 2.24) is 9.13 Å². The van der Waals surface area contributed by atoms with Crippen molar-refractivity contribution in [1.29, 1.82) is 0 Å². The predicted molar refractivity (Wildman–Crippen MR) is 484 cm³/mol. The van der Waals surface area contributed by atoms with Crippen LogP contribution in [0.4, 0.5) is 34.1 Å². The van der Waals surface area contributed by atoms with Crippen LogP contribution < -0.4 is 26.2 Å². The molecule has 0 saturated heterocycles. The van der Waals surface area contributed by atoms with Crippen LogP contribution in [0.2, 0.25) is 0 Å². The molecule has 20 rings (SSSR count). The second-order valence-electron chi connectivity index (χ2n) is 37.9. The van der Waals surface area contributed by atoms with Gasteiger partial charge in [0, 0.05) is 61.4 Å². The van der Waals surface area contributed by atoms with Gasteiger partial charge in [0.25, 0.3) is 6.71 Å². The number of nitrogens with zero attached hydrogens (tertiary/aromatic N) is 4. The zero-order valence-corrected chi connectivity index (χ0v) is 68.0. The quantitative estimate of drug-likeness (QED) is 0.134. The van der Waals surface area contributed by atoms with E-state index in [1.165, 1.54) is 151 Å². The van der Waals surface area contributed by atoms with Crippen molar-refractivity contribution in [3.63, 3.8) is 0 Å². The summed E-state index contributed by atoms with van der Waals surface area (Å²) in [5.74, 6) is 0. The van der Waals surface area contributed by atoms with Gasteiger partial charge in [-0.1, -0.05) is 297 Å². The molecule has 0 spiro atoms. The molecule has 2 aromatic heterocycles. The summed E-state index contributed by atoms with van der Waals surface area (Å²) in [4.78, 5) is 5.28. The van der Waals surface area contributed by atoms with E-state index in [4.69, 9.17) is 0 Å². The lowest BCUT2D eigenvalue weighted by Gasteiger charge is -2.44. The molecule has 0 bridgehead atoms. The predicted octanol–water partition coefficient (Wildman–Crippen LogP) is 27.6. The van der Waals surface area contributed by atoms with E-state index in [1.807, 2.05) is 0 Å². The highest BCUT2D eigenvalue weighted by Crippen LogP contribution is 2.53. The highest BCUT2D eigenvalue weighted by atomic mass is 15.2. The lowest BCUT2D eigenvalue weighted by atomic mass is 9.33. The average molecular weight is 1460 g/mol. The SMILES string of the molecule is CC(C)(C)c1cccc(-c2ccc3c(c2)B2c4ccc(-n5c6ccccc6c6cc(C(C)(C)C)ccc65)cc4N(c4ccc(-c5ccc6c(c5)C(C)(C)CCC6(C)C)cc4)c4cc(-n5c6ccc(-c7ccccc7)cc6c6cc(-c7ccccc7)ccc65)cc(c42)N3c2ccc(-c3ccc4c(c3)C(C)(C)CCC4(C)C)cc2)c1. The number of aromatic nitrogens is 2. The number of para-hydroxylation sites is 1. The summed E-state index contributed by atoms with van der Waals surface area (Å²) in [6.45, 7) is 33.3. The molecule has 2 aliphatic carbocycles. The summed E-state index contributed by atoms with van der Waals surface area (Å²) >= 11 is 0. The summed E-state index contributed by atoms with van der Waals surface area (Å²) in [5, 5.41) is 4.92. The maximum absolute atomic E-state index is 2.65. The van der Waals surface area contributed by atoms with E-state index >= 15 is 0 Å². The minimum Gasteiger partial charge on any atom is -0.311 e. The molecule has 0 amide bonds. The molecule has 0 unspecified atom stereocenters. The number of hydrogen-bond donors (Lipinski definition) is 0. The Morgan fingerprint density at radius 2 is 0.628 bits per heavy atom. The Bertz CT molecular complexity index is 6470. The van der Waals surface area contributed by atoms with Gasteiger partial charge in [0.1, 0.15) is 0 Å². The van der Waals surface area contributed by atoms with Crippen LogP contribution in [0.5, 0.6) is 0 Å². The third-order valence-electron chi connectivity index (χ3n) is 26.8. The molecular formula is C108H99BN4. The zero-order valence-electron chi connectivity index (χ0n) is 68.0. The van der Waals surface area contributed by atoms with Crippen molar-refractivity contribution < 1.29 is 0 Å². The molecule has 4 heterocycles. The normalized spacial score (nSPS) is 15.8. The van der Waals surface area contributed by atoms with E-state index in [9.17, 15) is 0 Å². The van der Waals surface area contributed by atoms with E-state index < -0.39 is 0 Å². The largest absolute Gasteiger partial charge is 0.311 e. The molecule has 16 aromatic rings. The number of anilines is 6. The fraction of sp³-hybridized carbons (Fsp3) is 0.222. The lowest BCUT2D eigenvalue weighted by molar-refractivity contribution is 0.332. The smallest absolute Gasteiger partial charge is 0.252 e. The molecule has 5 heteroatoms. The molecule has 0 radical (unpaired) electrons. The van der Waals surface area contributed by atoms with E-state index in [2.05, 4.69) is 413 Å². The van der Waals surface area contributed by atoms with Crippen molar-refractivity contribution in [2.24, 2.45) is 0 Å². The second kappa shape index (κ2) is 25.4. The summed E-state index contributed by atoms with van der Waals surface area (Å²) in [6.07, 6.45) is 4.68. The van der Waals surface area contributed by atoms with Gasteiger partial charge in [-0.2, -0.15) is 0 Å². The first-order chi connectivity index (χ1) is 54.2. The van der Waals surface area contributed by atoms with Gasteiger partial charge in [0.2, 0.25) is 0 Å². The monoisotopic (exact) mass is 1460 g/mol. The maximum atomic E-state index is 2.65. The number of rotatable bonds is 9. The van der Waals surface area contributed by atoms with Crippen LogP contribution in [0.1, 0.15) is 156 Å². The van der Waals surface area contributed by atoms with Gasteiger partial charge in [0.05, 0.1) is 27.8 Å². The van der Waals surface area contributed by atoms with Crippen LogP contribution in [0.3, 0.4) is 0 Å². The topological polar surface area (TPSA) is 16.3 Å². The Morgan fingerprint density at radius 1 is 0.248 bits per heavy atom. The molecule has 554 valence electrons. The molecule has 4 nitrogen and oxygen atoms in total. The molecular weight excluding hydrogens is 1360 g/mol. The second-order valence-corrected chi connectivity index (χ2v) is 37.9. The van der Waals surface area contributed by atoms with E-state index in [0.29, 0.717) is 0 Å². The van der Waals surface area contributed by atoms with Gasteiger partial charge < -0.3 is 18.9 Å². The summed E-state index contributed by atoms with van der Waals surface area (Å²) in [6, 6.07) is 116. The highest BCUT2D eigenvalue weighted by molar-refractivity contribution is 7.00. The van der Waals surface area contributed by atoms with Crippen LogP contribution in [0, 0.1) is 0 Å². The zero-order chi connectivity index (χ0) is 77.6.